The number of sulfonamides is 1. The highest BCUT2D eigenvalue weighted by Gasteiger charge is 2.34. The van der Waals surface area contributed by atoms with Gasteiger partial charge < -0.3 is 10.2 Å². The Bertz CT molecular complexity index is 1630. The third kappa shape index (κ3) is 8.49. The fraction of sp³-hybridized carbons (Fsp3) is 0.257. The largest absolute Gasteiger partial charge is 0.354 e. The number of hydrogen-bond acceptors (Lipinski definition) is 4. The Hall–Kier alpha value is -4.14. The number of aryl methyl sites for hydroxylation is 1. The molecule has 0 aliphatic heterocycles. The molecule has 4 aromatic rings. The van der Waals surface area contributed by atoms with E-state index in [4.69, 9.17) is 11.6 Å². The Balaban J connectivity index is 1.79. The van der Waals surface area contributed by atoms with Crippen molar-refractivity contribution in [1.82, 2.24) is 10.2 Å². The quantitative estimate of drug-likeness (QED) is 0.178. The van der Waals surface area contributed by atoms with Gasteiger partial charge in [0.25, 0.3) is 10.0 Å². The Morgan fingerprint density at radius 3 is 2.05 bits per heavy atom. The lowest BCUT2D eigenvalue weighted by Gasteiger charge is -2.34. The van der Waals surface area contributed by atoms with Crippen LogP contribution >= 0.6 is 11.6 Å². The third-order valence-corrected chi connectivity index (χ3v) is 9.33. The van der Waals surface area contributed by atoms with Crippen molar-refractivity contribution in [3.05, 3.63) is 131 Å². The van der Waals surface area contributed by atoms with E-state index in [0.29, 0.717) is 17.3 Å². The summed E-state index contributed by atoms with van der Waals surface area (Å²) < 4.78 is 29.2. The number of nitrogens with one attached hydrogen (secondary N) is 1. The van der Waals surface area contributed by atoms with Gasteiger partial charge in [-0.2, -0.15) is 0 Å². The normalized spacial score (nSPS) is 11.9. The van der Waals surface area contributed by atoms with Crippen LogP contribution in [0.4, 0.5) is 5.69 Å². The molecule has 0 saturated carbocycles. The zero-order valence-electron chi connectivity index (χ0n) is 25.0. The third-order valence-electron chi connectivity index (χ3n) is 7.30. The minimum atomic E-state index is -4.14. The van der Waals surface area contributed by atoms with Crippen molar-refractivity contribution >= 4 is 39.1 Å². The number of nitrogens with zero attached hydrogens (tertiary/aromatic N) is 2. The summed E-state index contributed by atoms with van der Waals surface area (Å²) in [5.74, 6) is -0.826. The van der Waals surface area contributed by atoms with E-state index in [1.165, 1.54) is 17.0 Å². The number of anilines is 1. The predicted octanol–water partition coefficient (Wildman–Crippen LogP) is 6.26. The average Bonchev–Trinajstić information content (AvgIpc) is 3.05. The molecule has 0 heterocycles. The van der Waals surface area contributed by atoms with Crippen LogP contribution in [0, 0.1) is 0 Å². The second-order valence-electron chi connectivity index (χ2n) is 10.5. The standard InChI is InChI=1S/C35H38ClN3O4S/c1-3-22-37-35(41)33(24-28-12-7-5-8-13-28)38(25-29-14-11-15-30(36)23-29)34(40)26-39(31-20-18-27(4-2)19-21-31)44(42,43)32-16-9-6-10-17-32/h5-21,23,33H,3-4,22,24-26H2,1-2H3,(H,37,41)/t33-/m1/s1. The molecule has 0 radical (unpaired) electrons. The summed E-state index contributed by atoms with van der Waals surface area (Å²) >= 11 is 6.29. The highest BCUT2D eigenvalue weighted by molar-refractivity contribution is 7.92. The first-order valence-electron chi connectivity index (χ1n) is 14.7. The SMILES string of the molecule is CCCNC(=O)[C@@H](Cc1ccccc1)N(Cc1cccc(Cl)c1)C(=O)CN(c1ccc(CC)cc1)S(=O)(=O)c1ccccc1. The van der Waals surface area contributed by atoms with Crippen molar-refractivity contribution in [2.24, 2.45) is 0 Å². The number of amides is 2. The summed E-state index contributed by atoms with van der Waals surface area (Å²) in [6, 6.07) is 30.8. The molecule has 0 aliphatic rings. The van der Waals surface area contributed by atoms with Gasteiger partial charge in [-0.15, -0.1) is 0 Å². The van der Waals surface area contributed by atoms with E-state index in [0.717, 1.165) is 33.8 Å². The fourth-order valence-corrected chi connectivity index (χ4v) is 6.55. The number of benzene rings is 4. The van der Waals surface area contributed by atoms with Gasteiger partial charge in [0.15, 0.2) is 0 Å². The van der Waals surface area contributed by atoms with Crippen molar-refractivity contribution < 1.29 is 18.0 Å². The van der Waals surface area contributed by atoms with Gasteiger partial charge in [-0.25, -0.2) is 8.42 Å². The lowest BCUT2D eigenvalue weighted by molar-refractivity contribution is -0.140. The van der Waals surface area contributed by atoms with Crippen LogP contribution in [-0.4, -0.2) is 44.3 Å². The number of hydrogen-bond donors (Lipinski definition) is 1. The van der Waals surface area contributed by atoms with Crippen molar-refractivity contribution in [3.8, 4) is 0 Å². The molecule has 0 aliphatic carbocycles. The summed E-state index contributed by atoms with van der Waals surface area (Å²) in [6.45, 7) is 3.97. The van der Waals surface area contributed by atoms with Gasteiger partial charge in [-0.1, -0.05) is 98.2 Å². The molecular weight excluding hydrogens is 594 g/mol. The van der Waals surface area contributed by atoms with E-state index in [-0.39, 0.29) is 23.8 Å². The molecule has 1 atom stereocenters. The number of rotatable bonds is 14. The topological polar surface area (TPSA) is 86.8 Å². The molecule has 0 unspecified atom stereocenters. The van der Waals surface area contributed by atoms with E-state index >= 15 is 0 Å². The second kappa shape index (κ2) is 15.5. The maximum Gasteiger partial charge on any atom is 0.264 e. The van der Waals surface area contributed by atoms with Crippen LogP contribution in [-0.2, 0) is 39.0 Å². The summed E-state index contributed by atoms with van der Waals surface area (Å²) in [5, 5.41) is 3.44. The maximum absolute atomic E-state index is 14.4. The van der Waals surface area contributed by atoms with Crippen LogP contribution in [0.5, 0.6) is 0 Å². The molecule has 0 bridgehead atoms. The van der Waals surface area contributed by atoms with Gasteiger partial charge in [0.2, 0.25) is 11.8 Å². The van der Waals surface area contributed by atoms with Crippen LogP contribution in [0.25, 0.3) is 0 Å². The monoisotopic (exact) mass is 631 g/mol. The number of carbonyl (C=O) groups is 2. The molecule has 0 saturated heterocycles. The first kappa shape index (κ1) is 32.8. The Kier molecular flexibility index (Phi) is 11.6. The first-order valence-corrected chi connectivity index (χ1v) is 16.6. The minimum absolute atomic E-state index is 0.0600. The van der Waals surface area contributed by atoms with Crippen LogP contribution < -0.4 is 9.62 Å². The van der Waals surface area contributed by atoms with E-state index < -0.39 is 28.5 Å². The van der Waals surface area contributed by atoms with Gasteiger partial charge in [-0.05, 0) is 65.9 Å². The van der Waals surface area contributed by atoms with Crippen LogP contribution in [0.1, 0.15) is 37.0 Å². The van der Waals surface area contributed by atoms with E-state index in [1.807, 2.05) is 62.4 Å². The van der Waals surface area contributed by atoms with E-state index in [1.54, 1.807) is 48.5 Å². The highest BCUT2D eigenvalue weighted by atomic mass is 35.5. The lowest BCUT2D eigenvalue weighted by Crippen LogP contribution is -2.53. The van der Waals surface area contributed by atoms with Crippen molar-refractivity contribution in [2.75, 3.05) is 17.4 Å². The molecule has 230 valence electrons. The van der Waals surface area contributed by atoms with Crippen molar-refractivity contribution in [1.29, 1.82) is 0 Å². The molecule has 0 spiro atoms. The summed E-state index contributed by atoms with van der Waals surface area (Å²) in [5.41, 5.74) is 2.99. The molecule has 0 aromatic heterocycles. The van der Waals surface area contributed by atoms with Gasteiger partial charge in [0.1, 0.15) is 12.6 Å². The Morgan fingerprint density at radius 1 is 0.795 bits per heavy atom. The van der Waals surface area contributed by atoms with Crippen LogP contribution in [0.2, 0.25) is 5.02 Å². The first-order chi connectivity index (χ1) is 21.2. The van der Waals surface area contributed by atoms with Gasteiger partial charge in [0, 0.05) is 24.5 Å². The average molecular weight is 632 g/mol. The van der Waals surface area contributed by atoms with Crippen molar-refractivity contribution in [2.45, 2.75) is 50.6 Å². The van der Waals surface area contributed by atoms with Crippen LogP contribution in [0.15, 0.2) is 114 Å². The smallest absolute Gasteiger partial charge is 0.264 e. The summed E-state index contributed by atoms with van der Waals surface area (Å²) in [7, 11) is -4.14. The number of halogens is 1. The van der Waals surface area contributed by atoms with Gasteiger partial charge >= 0.3 is 0 Å². The molecule has 7 nitrogen and oxygen atoms in total. The van der Waals surface area contributed by atoms with Gasteiger partial charge in [0.05, 0.1) is 10.6 Å². The minimum Gasteiger partial charge on any atom is -0.354 e. The molecule has 9 heteroatoms. The summed E-state index contributed by atoms with van der Waals surface area (Å²) in [4.78, 5) is 29.7. The fourth-order valence-electron chi connectivity index (χ4n) is 4.90. The van der Waals surface area contributed by atoms with E-state index in [2.05, 4.69) is 5.32 Å². The molecular formula is C35H38ClN3O4S. The Morgan fingerprint density at radius 2 is 1.43 bits per heavy atom. The molecule has 44 heavy (non-hydrogen) atoms. The molecule has 1 N–H and O–H groups in total. The Labute approximate surface area is 265 Å². The molecule has 4 aromatic carbocycles. The summed E-state index contributed by atoms with van der Waals surface area (Å²) in [6.07, 6.45) is 1.76. The zero-order valence-corrected chi connectivity index (χ0v) is 26.6. The lowest BCUT2D eigenvalue weighted by atomic mass is 10.0. The second-order valence-corrected chi connectivity index (χ2v) is 12.8. The number of carbonyl (C=O) groups excluding carboxylic acids is 2. The highest BCUT2D eigenvalue weighted by Crippen LogP contribution is 2.26. The van der Waals surface area contributed by atoms with E-state index in [9.17, 15) is 18.0 Å². The van der Waals surface area contributed by atoms with Crippen molar-refractivity contribution in [3.63, 3.8) is 0 Å². The van der Waals surface area contributed by atoms with Crippen LogP contribution in [0.3, 0.4) is 0 Å². The maximum atomic E-state index is 14.4. The molecule has 2 amide bonds. The zero-order chi connectivity index (χ0) is 31.5. The predicted molar refractivity (Wildman–Crippen MR) is 176 cm³/mol. The molecule has 0 fully saturated rings. The molecule has 4 rings (SSSR count). The van der Waals surface area contributed by atoms with Gasteiger partial charge in [-0.3, -0.25) is 13.9 Å².